The van der Waals surface area contributed by atoms with Crippen LogP contribution in [0.3, 0.4) is 0 Å². The van der Waals surface area contributed by atoms with Crippen LogP contribution in [0.15, 0.2) is 59.7 Å². The molecule has 2 heterocycles. The topological polar surface area (TPSA) is 99.0 Å². The molecule has 4 rings (SSSR count). The van der Waals surface area contributed by atoms with Gasteiger partial charge >= 0.3 is 0 Å². The molecule has 0 atom stereocenters. The molecule has 0 spiro atoms. The maximum absolute atomic E-state index is 12.9. The van der Waals surface area contributed by atoms with E-state index in [1.165, 1.54) is 22.2 Å². The Morgan fingerprint density at radius 2 is 1.93 bits per heavy atom. The third-order valence-electron chi connectivity index (χ3n) is 4.03. The standard InChI is InChI=1S/C19H15N5O3S/c1-27-10-16-22-23-19(28-16)21-17(25)13-7-3-5-9-15(13)24-11-20-14-8-4-2-6-12(14)18(24)26/h2-9,11H,10H2,1H3,(H,21,23,25). The number of methoxy groups -OCH3 is 1. The highest BCUT2D eigenvalue weighted by atomic mass is 32.1. The fourth-order valence-corrected chi connectivity index (χ4v) is 3.47. The van der Waals surface area contributed by atoms with Gasteiger partial charge in [-0.2, -0.15) is 0 Å². The predicted molar refractivity (Wildman–Crippen MR) is 106 cm³/mol. The van der Waals surface area contributed by atoms with E-state index < -0.39 is 5.91 Å². The van der Waals surface area contributed by atoms with Crippen LogP contribution >= 0.6 is 11.3 Å². The Morgan fingerprint density at radius 3 is 2.79 bits per heavy atom. The second kappa shape index (κ2) is 7.67. The molecule has 0 fully saturated rings. The molecule has 0 unspecified atom stereocenters. The third kappa shape index (κ3) is 3.40. The van der Waals surface area contributed by atoms with Crippen molar-refractivity contribution < 1.29 is 9.53 Å². The van der Waals surface area contributed by atoms with Crippen molar-refractivity contribution in [3.63, 3.8) is 0 Å². The SMILES string of the molecule is COCc1nnc(NC(=O)c2ccccc2-n2cnc3ccccc3c2=O)s1. The van der Waals surface area contributed by atoms with Crippen molar-refractivity contribution in [3.8, 4) is 5.69 Å². The van der Waals surface area contributed by atoms with Crippen LogP contribution in [0.4, 0.5) is 5.13 Å². The molecule has 9 heteroatoms. The number of benzene rings is 2. The van der Waals surface area contributed by atoms with Crippen LogP contribution < -0.4 is 10.9 Å². The molecule has 0 bridgehead atoms. The first-order valence-electron chi connectivity index (χ1n) is 8.36. The molecule has 28 heavy (non-hydrogen) atoms. The molecule has 0 radical (unpaired) electrons. The number of aromatic nitrogens is 4. The van der Waals surface area contributed by atoms with Crippen molar-refractivity contribution in [3.05, 3.63) is 75.8 Å². The van der Waals surface area contributed by atoms with Gasteiger partial charge in [0.1, 0.15) is 17.9 Å². The fraction of sp³-hybridized carbons (Fsp3) is 0.105. The molecular formula is C19H15N5O3S. The number of carbonyl (C=O) groups is 1. The molecule has 0 aliphatic rings. The molecule has 4 aromatic rings. The lowest BCUT2D eigenvalue weighted by Crippen LogP contribution is -2.22. The summed E-state index contributed by atoms with van der Waals surface area (Å²) in [7, 11) is 1.56. The zero-order chi connectivity index (χ0) is 19.5. The highest BCUT2D eigenvalue weighted by Gasteiger charge is 2.16. The number of hydrogen-bond donors (Lipinski definition) is 1. The van der Waals surface area contributed by atoms with Gasteiger partial charge in [0.2, 0.25) is 5.13 Å². The van der Waals surface area contributed by atoms with Crippen LogP contribution in [-0.4, -0.2) is 32.8 Å². The largest absolute Gasteiger partial charge is 0.377 e. The van der Waals surface area contributed by atoms with E-state index in [2.05, 4.69) is 20.5 Å². The first-order chi connectivity index (χ1) is 13.7. The van der Waals surface area contributed by atoms with Crippen molar-refractivity contribution >= 4 is 33.3 Å². The van der Waals surface area contributed by atoms with Gasteiger partial charge in [-0.1, -0.05) is 35.6 Å². The van der Waals surface area contributed by atoms with Crippen molar-refractivity contribution in [2.75, 3.05) is 12.4 Å². The number of hydrogen-bond acceptors (Lipinski definition) is 7. The van der Waals surface area contributed by atoms with Crippen molar-refractivity contribution in [1.82, 2.24) is 19.7 Å². The Labute approximate surface area is 163 Å². The lowest BCUT2D eigenvalue weighted by molar-refractivity contribution is 0.102. The van der Waals surface area contributed by atoms with Gasteiger partial charge in [0, 0.05) is 7.11 Å². The van der Waals surface area contributed by atoms with Crippen molar-refractivity contribution in [2.24, 2.45) is 0 Å². The lowest BCUT2D eigenvalue weighted by atomic mass is 10.1. The maximum atomic E-state index is 12.9. The van der Waals surface area contributed by atoms with Gasteiger partial charge in [-0.25, -0.2) is 4.98 Å². The van der Waals surface area contributed by atoms with Crippen molar-refractivity contribution in [2.45, 2.75) is 6.61 Å². The van der Waals surface area contributed by atoms with E-state index in [9.17, 15) is 9.59 Å². The van der Waals surface area contributed by atoms with Gasteiger partial charge in [-0.3, -0.25) is 19.5 Å². The molecule has 0 saturated heterocycles. The molecule has 1 N–H and O–H groups in total. The molecule has 1 amide bonds. The van der Waals surface area contributed by atoms with E-state index >= 15 is 0 Å². The number of anilines is 1. The second-order valence-electron chi connectivity index (χ2n) is 5.84. The quantitative estimate of drug-likeness (QED) is 0.560. The number of fused-ring (bicyclic) bond motifs is 1. The monoisotopic (exact) mass is 393 g/mol. The van der Waals surface area contributed by atoms with Gasteiger partial charge in [0.15, 0.2) is 0 Å². The molecule has 0 aliphatic heterocycles. The minimum Gasteiger partial charge on any atom is -0.377 e. The summed E-state index contributed by atoms with van der Waals surface area (Å²) in [4.78, 5) is 30.0. The Kier molecular flexibility index (Phi) is 4.92. The summed E-state index contributed by atoms with van der Waals surface area (Å²) in [5.74, 6) is -0.393. The van der Waals surface area contributed by atoms with Crippen molar-refractivity contribution in [1.29, 1.82) is 0 Å². The van der Waals surface area contributed by atoms with E-state index in [0.29, 0.717) is 38.9 Å². The minimum atomic E-state index is -0.393. The average molecular weight is 393 g/mol. The molecule has 2 aromatic carbocycles. The van der Waals surface area contributed by atoms with Gasteiger partial charge in [-0.05, 0) is 24.3 Å². The lowest BCUT2D eigenvalue weighted by Gasteiger charge is -2.11. The molecule has 0 saturated carbocycles. The summed E-state index contributed by atoms with van der Waals surface area (Å²) in [6.45, 7) is 0.322. The zero-order valence-corrected chi connectivity index (χ0v) is 15.6. The minimum absolute atomic E-state index is 0.246. The summed E-state index contributed by atoms with van der Waals surface area (Å²) in [6.07, 6.45) is 1.43. The van der Waals surface area contributed by atoms with Crippen LogP contribution in [0.1, 0.15) is 15.4 Å². The number of rotatable bonds is 5. The van der Waals surface area contributed by atoms with Gasteiger partial charge in [-0.15, -0.1) is 10.2 Å². The summed E-state index contributed by atoms with van der Waals surface area (Å²) in [6, 6.07) is 13.9. The third-order valence-corrected chi connectivity index (χ3v) is 4.84. The number of nitrogens with zero attached hydrogens (tertiary/aromatic N) is 4. The predicted octanol–water partition coefficient (Wildman–Crippen LogP) is 2.64. The molecule has 8 nitrogen and oxygen atoms in total. The van der Waals surface area contributed by atoms with Gasteiger partial charge < -0.3 is 4.74 Å². The Morgan fingerprint density at radius 1 is 1.14 bits per heavy atom. The van der Waals surface area contributed by atoms with Crippen LogP contribution in [0.2, 0.25) is 0 Å². The molecule has 2 aromatic heterocycles. The van der Waals surface area contributed by atoms with E-state index in [1.807, 2.05) is 6.07 Å². The molecular weight excluding hydrogens is 378 g/mol. The highest BCUT2D eigenvalue weighted by molar-refractivity contribution is 7.15. The second-order valence-corrected chi connectivity index (χ2v) is 6.90. The zero-order valence-electron chi connectivity index (χ0n) is 14.8. The Balaban J connectivity index is 1.72. The fourth-order valence-electron chi connectivity index (χ4n) is 2.77. The number of ether oxygens (including phenoxy) is 1. The maximum Gasteiger partial charge on any atom is 0.265 e. The van der Waals surface area contributed by atoms with Gasteiger partial charge in [0.05, 0.1) is 22.2 Å². The van der Waals surface area contributed by atoms with Crippen LogP contribution in [0.25, 0.3) is 16.6 Å². The molecule has 0 aliphatic carbocycles. The highest BCUT2D eigenvalue weighted by Crippen LogP contribution is 2.19. The van der Waals surface area contributed by atoms with Crippen LogP contribution in [0, 0.1) is 0 Å². The average Bonchev–Trinajstić information content (AvgIpc) is 3.16. The Bertz CT molecular complexity index is 1220. The van der Waals surface area contributed by atoms with Crippen LogP contribution in [-0.2, 0) is 11.3 Å². The summed E-state index contributed by atoms with van der Waals surface area (Å²) >= 11 is 1.23. The van der Waals surface area contributed by atoms with Gasteiger partial charge in [0.25, 0.3) is 11.5 Å². The number of nitrogens with one attached hydrogen (secondary N) is 1. The number of amides is 1. The van der Waals surface area contributed by atoms with E-state index in [0.717, 1.165) is 0 Å². The molecule has 140 valence electrons. The first kappa shape index (κ1) is 18.0. The number of carbonyl (C=O) groups excluding carboxylic acids is 1. The first-order valence-corrected chi connectivity index (χ1v) is 9.17. The summed E-state index contributed by atoms with van der Waals surface area (Å²) in [5.41, 5.74) is 1.12. The van der Waals surface area contributed by atoms with Crippen LogP contribution in [0.5, 0.6) is 0 Å². The number of para-hydroxylation sites is 2. The summed E-state index contributed by atoms with van der Waals surface area (Å²) in [5, 5.41) is 12.1. The summed E-state index contributed by atoms with van der Waals surface area (Å²) < 4.78 is 6.38. The normalized spacial score (nSPS) is 10.9. The van der Waals surface area contributed by atoms with E-state index in [1.54, 1.807) is 49.6 Å². The smallest absolute Gasteiger partial charge is 0.265 e. The Hall–Kier alpha value is -3.43. The van der Waals surface area contributed by atoms with E-state index in [4.69, 9.17) is 4.74 Å². The van der Waals surface area contributed by atoms with E-state index in [-0.39, 0.29) is 5.56 Å².